The number of benzene rings is 2. The van der Waals surface area contributed by atoms with Crippen LogP contribution in [0.2, 0.25) is 0 Å². The number of rotatable bonds is 12. The lowest BCUT2D eigenvalue weighted by Crippen LogP contribution is -2.35. The molecule has 0 atom stereocenters. The van der Waals surface area contributed by atoms with E-state index in [0.29, 0.717) is 26.4 Å². The van der Waals surface area contributed by atoms with Crippen molar-refractivity contribution < 1.29 is 18.6 Å². The van der Waals surface area contributed by atoms with Gasteiger partial charge in [-0.1, -0.05) is 102 Å². The Morgan fingerprint density at radius 1 is 0.600 bits per heavy atom. The van der Waals surface area contributed by atoms with E-state index < -0.39 is 0 Å². The number of hydrogen-bond acceptors (Lipinski definition) is 4. The maximum Gasteiger partial charge on any atom is 0.494 e. The zero-order valence-electron chi connectivity index (χ0n) is 21.7. The lowest BCUT2D eigenvalue weighted by Gasteiger charge is -2.33. The van der Waals surface area contributed by atoms with Gasteiger partial charge in [-0.05, 0) is 46.0 Å². The molecule has 186 valence electrons. The molecule has 6 heteroatoms. The van der Waals surface area contributed by atoms with Crippen molar-refractivity contribution in [2.24, 2.45) is 0 Å². The molecular formula is C29H40B2O4. The molecule has 5 rings (SSSR count). The van der Waals surface area contributed by atoms with E-state index >= 15 is 0 Å². The summed E-state index contributed by atoms with van der Waals surface area (Å²) in [6, 6.07) is 13.9. The van der Waals surface area contributed by atoms with Gasteiger partial charge in [0.15, 0.2) is 0 Å². The summed E-state index contributed by atoms with van der Waals surface area (Å²) in [6.45, 7) is 7.28. The van der Waals surface area contributed by atoms with Gasteiger partial charge in [-0.15, -0.1) is 0 Å². The minimum Gasteiger partial charge on any atom is -0.405 e. The first kappa shape index (κ1) is 25.1. The van der Waals surface area contributed by atoms with E-state index in [1.807, 2.05) is 0 Å². The highest BCUT2D eigenvalue weighted by Gasteiger charge is 2.44. The van der Waals surface area contributed by atoms with Gasteiger partial charge in [0, 0.05) is 5.41 Å². The average Bonchev–Trinajstić information content (AvgIpc) is 3.66. The quantitative estimate of drug-likeness (QED) is 0.306. The van der Waals surface area contributed by atoms with Gasteiger partial charge in [-0.25, -0.2) is 0 Å². The summed E-state index contributed by atoms with van der Waals surface area (Å²) in [6.07, 6.45) is 12.6. The van der Waals surface area contributed by atoms with Crippen molar-refractivity contribution in [2.75, 3.05) is 26.4 Å². The van der Waals surface area contributed by atoms with Crippen LogP contribution in [0.5, 0.6) is 0 Å². The Balaban J connectivity index is 1.57. The van der Waals surface area contributed by atoms with Gasteiger partial charge >= 0.3 is 14.2 Å². The Hall–Kier alpha value is -1.59. The van der Waals surface area contributed by atoms with E-state index in [0.717, 1.165) is 10.9 Å². The molecule has 2 aliphatic heterocycles. The lowest BCUT2D eigenvalue weighted by molar-refractivity contribution is 0.365. The summed E-state index contributed by atoms with van der Waals surface area (Å²) >= 11 is 0. The van der Waals surface area contributed by atoms with Gasteiger partial charge in [-0.2, -0.15) is 0 Å². The summed E-state index contributed by atoms with van der Waals surface area (Å²) < 4.78 is 23.6. The van der Waals surface area contributed by atoms with Crippen LogP contribution in [0.15, 0.2) is 36.4 Å². The second kappa shape index (κ2) is 11.6. The Morgan fingerprint density at radius 2 is 1.03 bits per heavy atom. The molecule has 1 aliphatic carbocycles. The second-order valence-electron chi connectivity index (χ2n) is 10.5. The van der Waals surface area contributed by atoms with Crippen LogP contribution < -0.4 is 10.9 Å². The largest absolute Gasteiger partial charge is 0.494 e. The summed E-state index contributed by atoms with van der Waals surface area (Å²) in [5.74, 6) is 0. The first-order valence-electron chi connectivity index (χ1n) is 14.0. The Kier molecular flexibility index (Phi) is 8.34. The Morgan fingerprint density at radius 3 is 1.43 bits per heavy atom. The van der Waals surface area contributed by atoms with Crippen molar-refractivity contribution in [3.63, 3.8) is 0 Å². The van der Waals surface area contributed by atoms with Crippen LogP contribution in [-0.2, 0) is 24.0 Å². The molecule has 35 heavy (non-hydrogen) atoms. The zero-order valence-corrected chi connectivity index (χ0v) is 21.7. The maximum absolute atomic E-state index is 5.90. The number of unbranched alkanes of at least 4 members (excludes halogenated alkanes) is 6. The third-order valence-electron chi connectivity index (χ3n) is 8.11. The summed E-state index contributed by atoms with van der Waals surface area (Å²) in [5, 5.41) is 0. The monoisotopic (exact) mass is 474 g/mol. The molecular weight excluding hydrogens is 434 g/mol. The maximum atomic E-state index is 5.90. The van der Waals surface area contributed by atoms with Gasteiger partial charge in [0.1, 0.15) is 0 Å². The third kappa shape index (κ3) is 5.13. The van der Waals surface area contributed by atoms with Crippen LogP contribution in [0, 0.1) is 0 Å². The molecule has 0 N–H and O–H groups in total. The summed E-state index contributed by atoms with van der Waals surface area (Å²) in [5.41, 5.74) is 8.05. The normalized spacial score (nSPS) is 18.3. The molecule has 0 saturated carbocycles. The fourth-order valence-corrected chi connectivity index (χ4v) is 6.30. The molecule has 3 aliphatic rings. The molecule has 0 bridgehead atoms. The minimum atomic E-state index is -0.238. The molecule has 2 fully saturated rings. The number of hydrogen-bond donors (Lipinski definition) is 0. The van der Waals surface area contributed by atoms with Crippen LogP contribution in [-0.4, -0.2) is 40.7 Å². The summed E-state index contributed by atoms with van der Waals surface area (Å²) in [7, 11) is -0.476. The SMILES string of the molecule is CCCCCCC1(CCCCCC)c2cc(B3OCCO3)ccc2-c2ccc(B3OCCO3)cc21. The molecule has 0 spiro atoms. The standard InChI is InChI=1S/C29H40B2O4/c1-3-5-7-9-15-29(16-10-8-6-4-2)27-21-23(30-32-17-18-33-30)11-13-25(27)26-14-12-24(22-28(26)29)31-34-19-20-35-31/h11-14,21-22H,3-10,15-20H2,1-2H3. The molecule has 2 saturated heterocycles. The molecule has 2 aromatic rings. The van der Waals surface area contributed by atoms with E-state index in [2.05, 4.69) is 50.2 Å². The Labute approximate surface area is 212 Å². The zero-order chi connectivity index (χ0) is 24.1. The van der Waals surface area contributed by atoms with Gasteiger partial charge in [0.2, 0.25) is 0 Å². The topological polar surface area (TPSA) is 36.9 Å². The van der Waals surface area contributed by atoms with Crippen LogP contribution in [0.25, 0.3) is 11.1 Å². The fourth-order valence-electron chi connectivity index (χ4n) is 6.30. The van der Waals surface area contributed by atoms with Gasteiger partial charge in [0.25, 0.3) is 0 Å². The predicted molar refractivity (Wildman–Crippen MR) is 145 cm³/mol. The highest BCUT2D eigenvalue weighted by atomic mass is 16.6. The molecule has 2 aromatic carbocycles. The first-order chi connectivity index (χ1) is 17.3. The van der Waals surface area contributed by atoms with Crippen LogP contribution >= 0.6 is 0 Å². The van der Waals surface area contributed by atoms with Crippen molar-refractivity contribution in [1.29, 1.82) is 0 Å². The fraction of sp³-hybridized carbons (Fsp3) is 0.586. The van der Waals surface area contributed by atoms with Crippen LogP contribution in [0.1, 0.15) is 89.2 Å². The van der Waals surface area contributed by atoms with E-state index in [1.54, 1.807) is 0 Å². The first-order valence-corrected chi connectivity index (χ1v) is 14.0. The lowest BCUT2D eigenvalue weighted by atomic mass is 9.67. The number of fused-ring (bicyclic) bond motifs is 3. The van der Waals surface area contributed by atoms with Crippen molar-refractivity contribution in [2.45, 2.75) is 83.5 Å². The van der Waals surface area contributed by atoms with Gasteiger partial charge in [0.05, 0.1) is 26.4 Å². The Bertz CT molecular complexity index is 903. The van der Waals surface area contributed by atoms with Gasteiger partial charge in [-0.3, -0.25) is 0 Å². The highest BCUT2D eigenvalue weighted by molar-refractivity contribution is 6.62. The van der Waals surface area contributed by atoms with Crippen LogP contribution in [0.3, 0.4) is 0 Å². The van der Waals surface area contributed by atoms with Crippen molar-refractivity contribution in [3.05, 3.63) is 47.5 Å². The molecule has 2 heterocycles. The molecule has 0 amide bonds. The van der Waals surface area contributed by atoms with Crippen LogP contribution in [0.4, 0.5) is 0 Å². The molecule has 0 aromatic heterocycles. The van der Waals surface area contributed by atoms with E-state index in [-0.39, 0.29) is 19.7 Å². The van der Waals surface area contributed by atoms with Crippen molar-refractivity contribution in [3.8, 4) is 11.1 Å². The van der Waals surface area contributed by atoms with Crippen molar-refractivity contribution in [1.82, 2.24) is 0 Å². The average molecular weight is 474 g/mol. The molecule has 4 nitrogen and oxygen atoms in total. The second-order valence-corrected chi connectivity index (χ2v) is 10.5. The van der Waals surface area contributed by atoms with Crippen molar-refractivity contribution >= 4 is 25.2 Å². The van der Waals surface area contributed by atoms with E-state index in [4.69, 9.17) is 18.6 Å². The minimum absolute atomic E-state index is 0.0232. The highest BCUT2D eigenvalue weighted by Crippen LogP contribution is 2.53. The molecule has 0 radical (unpaired) electrons. The van der Waals surface area contributed by atoms with Gasteiger partial charge < -0.3 is 18.6 Å². The smallest absolute Gasteiger partial charge is 0.405 e. The summed E-state index contributed by atoms with van der Waals surface area (Å²) in [4.78, 5) is 0. The third-order valence-corrected chi connectivity index (χ3v) is 8.11. The molecule has 0 unspecified atom stereocenters. The van der Waals surface area contributed by atoms with E-state index in [9.17, 15) is 0 Å². The van der Waals surface area contributed by atoms with E-state index in [1.165, 1.54) is 86.5 Å². The predicted octanol–water partition coefficient (Wildman–Crippen LogP) is 5.38.